The third-order valence-corrected chi connectivity index (χ3v) is 3.76. The summed E-state index contributed by atoms with van der Waals surface area (Å²) < 4.78 is 7.14. The molecule has 19 heavy (non-hydrogen) atoms. The summed E-state index contributed by atoms with van der Waals surface area (Å²) in [5, 5.41) is 0. The van der Waals surface area contributed by atoms with E-state index in [1.165, 1.54) is 0 Å². The fourth-order valence-corrected chi connectivity index (χ4v) is 2.50. The van der Waals surface area contributed by atoms with Gasteiger partial charge in [0.2, 0.25) is 0 Å². The Kier molecular flexibility index (Phi) is 4.61. The highest BCUT2D eigenvalue weighted by Gasteiger charge is 2.21. The van der Waals surface area contributed by atoms with E-state index in [9.17, 15) is 0 Å². The summed E-state index contributed by atoms with van der Waals surface area (Å²) in [7, 11) is 0. The molecule has 0 aliphatic heterocycles. The number of hydrogen-bond acceptors (Lipinski definition) is 2. The van der Waals surface area contributed by atoms with Crippen molar-refractivity contribution in [3.05, 3.63) is 64.1 Å². The molecule has 0 aliphatic carbocycles. The Morgan fingerprint density at radius 3 is 2.32 bits per heavy atom. The van der Waals surface area contributed by atoms with E-state index in [-0.39, 0.29) is 12.1 Å². The first-order chi connectivity index (χ1) is 9.09. The zero-order chi connectivity index (χ0) is 13.8. The summed E-state index contributed by atoms with van der Waals surface area (Å²) in [6.07, 6.45) is -0.170. The monoisotopic (exact) mass is 319 g/mol. The first-order valence-corrected chi connectivity index (χ1v) is 7.11. The highest BCUT2D eigenvalue weighted by molar-refractivity contribution is 9.10. The first kappa shape index (κ1) is 14.1. The molecule has 0 spiro atoms. The number of para-hydroxylation sites is 1. The van der Waals surface area contributed by atoms with Crippen molar-refractivity contribution in [3.8, 4) is 5.75 Å². The number of halogens is 1. The predicted octanol–water partition coefficient (Wildman–Crippen LogP) is 4.22. The molecule has 2 N–H and O–H groups in total. The van der Waals surface area contributed by atoms with Crippen LogP contribution in [-0.2, 0) is 0 Å². The predicted molar refractivity (Wildman–Crippen MR) is 82.3 cm³/mol. The van der Waals surface area contributed by atoms with Crippen LogP contribution in [0, 0.1) is 6.92 Å². The highest BCUT2D eigenvalue weighted by atomic mass is 79.9. The molecule has 0 saturated carbocycles. The van der Waals surface area contributed by atoms with Crippen molar-refractivity contribution in [2.75, 3.05) is 0 Å². The minimum absolute atomic E-state index is 0.0988. The molecule has 0 saturated heterocycles. The first-order valence-electron chi connectivity index (χ1n) is 6.32. The summed E-state index contributed by atoms with van der Waals surface area (Å²) in [5.41, 5.74) is 8.27. The second-order valence-electron chi connectivity index (χ2n) is 4.68. The van der Waals surface area contributed by atoms with Crippen LogP contribution in [0.25, 0.3) is 0 Å². The van der Waals surface area contributed by atoms with Crippen molar-refractivity contribution in [2.45, 2.75) is 26.0 Å². The Morgan fingerprint density at radius 1 is 1.05 bits per heavy atom. The third kappa shape index (κ3) is 3.37. The molecule has 0 amide bonds. The number of nitrogens with two attached hydrogens (primary N) is 1. The van der Waals surface area contributed by atoms with Gasteiger partial charge in [0.25, 0.3) is 0 Å². The number of rotatable bonds is 4. The quantitative estimate of drug-likeness (QED) is 0.915. The van der Waals surface area contributed by atoms with E-state index in [1.807, 2.05) is 62.4 Å². The molecule has 2 aromatic carbocycles. The van der Waals surface area contributed by atoms with Gasteiger partial charge in [-0.15, -0.1) is 0 Å². The van der Waals surface area contributed by atoms with E-state index in [4.69, 9.17) is 10.5 Å². The van der Waals surface area contributed by atoms with Crippen LogP contribution in [0.15, 0.2) is 53.0 Å². The van der Waals surface area contributed by atoms with Crippen molar-refractivity contribution in [2.24, 2.45) is 5.73 Å². The van der Waals surface area contributed by atoms with Crippen LogP contribution in [0.4, 0.5) is 0 Å². The van der Waals surface area contributed by atoms with E-state index < -0.39 is 0 Å². The standard InChI is InChI=1S/C16H18BrNO/c1-11-7-3-6-10-15(11)19-16(12(2)18)13-8-4-5-9-14(13)17/h3-10,12,16H,18H2,1-2H3. The second kappa shape index (κ2) is 6.22. The molecule has 2 aromatic rings. The molecule has 0 bridgehead atoms. The largest absolute Gasteiger partial charge is 0.484 e. The average Bonchev–Trinajstić information content (AvgIpc) is 2.38. The highest BCUT2D eigenvalue weighted by Crippen LogP contribution is 2.30. The topological polar surface area (TPSA) is 35.2 Å². The number of benzene rings is 2. The third-order valence-electron chi connectivity index (χ3n) is 3.04. The van der Waals surface area contributed by atoms with Gasteiger partial charge in [-0.05, 0) is 31.5 Å². The molecule has 2 nitrogen and oxygen atoms in total. The number of ether oxygens (including phenoxy) is 1. The molecule has 0 heterocycles. The molecule has 0 fully saturated rings. The molecular weight excluding hydrogens is 302 g/mol. The molecule has 100 valence electrons. The Morgan fingerprint density at radius 2 is 1.68 bits per heavy atom. The van der Waals surface area contributed by atoms with Crippen LogP contribution >= 0.6 is 15.9 Å². The maximum absolute atomic E-state index is 6.12. The van der Waals surface area contributed by atoms with E-state index in [2.05, 4.69) is 15.9 Å². The van der Waals surface area contributed by atoms with Gasteiger partial charge in [-0.1, -0.05) is 52.3 Å². The molecule has 0 radical (unpaired) electrons. The summed E-state index contributed by atoms with van der Waals surface area (Å²) in [4.78, 5) is 0. The maximum atomic E-state index is 6.12. The zero-order valence-electron chi connectivity index (χ0n) is 11.1. The number of hydrogen-bond donors (Lipinski definition) is 1. The van der Waals surface area contributed by atoms with Crippen LogP contribution in [-0.4, -0.2) is 6.04 Å². The molecule has 2 rings (SSSR count). The van der Waals surface area contributed by atoms with Gasteiger partial charge in [0.05, 0.1) is 0 Å². The number of aryl methyl sites for hydroxylation is 1. The lowest BCUT2D eigenvalue weighted by Gasteiger charge is -2.24. The van der Waals surface area contributed by atoms with Crippen molar-refractivity contribution >= 4 is 15.9 Å². The van der Waals surface area contributed by atoms with E-state index in [0.29, 0.717) is 0 Å². The summed E-state index contributed by atoms with van der Waals surface area (Å²) in [6, 6.07) is 15.9. The molecule has 3 heteroatoms. The fraction of sp³-hybridized carbons (Fsp3) is 0.250. The normalized spacial score (nSPS) is 13.9. The van der Waals surface area contributed by atoms with Gasteiger partial charge in [-0.25, -0.2) is 0 Å². The molecule has 0 aliphatic rings. The van der Waals surface area contributed by atoms with Gasteiger partial charge >= 0.3 is 0 Å². The summed E-state index contributed by atoms with van der Waals surface area (Å²) in [6.45, 7) is 4.00. The van der Waals surface area contributed by atoms with E-state index >= 15 is 0 Å². The van der Waals surface area contributed by atoms with Gasteiger partial charge in [-0.3, -0.25) is 0 Å². The molecule has 2 atom stereocenters. The lowest BCUT2D eigenvalue weighted by molar-refractivity contribution is 0.178. The minimum atomic E-state index is -0.170. The molecule has 0 aromatic heterocycles. The SMILES string of the molecule is Cc1ccccc1OC(c1ccccc1Br)C(C)N. The van der Waals surface area contributed by atoms with Gasteiger partial charge in [-0.2, -0.15) is 0 Å². The lowest BCUT2D eigenvalue weighted by Crippen LogP contribution is -2.29. The molecular formula is C16H18BrNO. The van der Waals surface area contributed by atoms with Crippen molar-refractivity contribution in [1.29, 1.82) is 0 Å². The fourth-order valence-electron chi connectivity index (χ4n) is 1.99. The van der Waals surface area contributed by atoms with Crippen LogP contribution in [0.1, 0.15) is 24.2 Å². The molecule has 2 unspecified atom stereocenters. The second-order valence-corrected chi connectivity index (χ2v) is 5.54. The Labute approximate surface area is 122 Å². The summed E-state index contributed by atoms with van der Waals surface area (Å²) >= 11 is 3.56. The van der Waals surface area contributed by atoms with E-state index in [0.717, 1.165) is 21.3 Å². The Bertz CT molecular complexity index is 554. The van der Waals surface area contributed by atoms with Gasteiger partial charge < -0.3 is 10.5 Å². The van der Waals surface area contributed by atoms with Crippen LogP contribution in [0.5, 0.6) is 5.75 Å². The average molecular weight is 320 g/mol. The van der Waals surface area contributed by atoms with Crippen molar-refractivity contribution in [3.63, 3.8) is 0 Å². The van der Waals surface area contributed by atoms with Gasteiger partial charge in [0, 0.05) is 16.1 Å². The Balaban J connectivity index is 2.33. The van der Waals surface area contributed by atoms with Gasteiger partial charge in [0.15, 0.2) is 0 Å². The maximum Gasteiger partial charge on any atom is 0.140 e. The Hall–Kier alpha value is -1.32. The van der Waals surface area contributed by atoms with Crippen LogP contribution in [0.2, 0.25) is 0 Å². The van der Waals surface area contributed by atoms with Crippen molar-refractivity contribution in [1.82, 2.24) is 0 Å². The van der Waals surface area contributed by atoms with Crippen LogP contribution < -0.4 is 10.5 Å². The van der Waals surface area contributed by atoms with Crippen molar-refractivity contribution < 1.29 is 4.74 Å². The van der Waals surface area contributed by atoms with Gasteiger partial charge in [0.1, 0.15) is 11.9 Å². The zero-order valence-corrected chi connectivity index (χ0v) is 12.7. The summed E-state index contributed by atoms with van der Waals surface area (Å²) in [5.74, 6) is 0.876. The van der Waals surface area contributed by atoms with E-state index in [1.54, 1.807) is 0 Å². The smallest absolute Gasteiger partial charge is 0.140 e. The lowest BCUT2D eigenvalue weighted by atomic mass is 10.0. The van der Waals surface area contributed by atoms with Crippen LogP contribution in [0.3, 0.4) is 0 Å². The minimum Gasteiger partial charge on any atom is -0.484 e.